The summed E-state index contributed by atoms with van der Waals surface area (Å²) in [6, 6.07) is 9.47. The minimum absolute atomic E-state index is 0.711. The Morgan fingerprint density at radius 1 is 1.38 bits per heavy atom. The van der Waals surface area contributed by atoms with Gasteiger partial charge < -0.3 is 5.73 Å². The Morgan fingerprint density at radius 3 is 2.96 bits per heavy atom. The molecule has 0 amide bonds. The van der Waals surface area contributed by atoms with Gasteiger partial charge in [0.05, 0.1) is 23.0 Å². The minimum atomic E-state index is -1.39. The number of nitrogens with zero attached hydrogens (tertiary/aromatic N) is 4. The predicted octanol–water partition coefficient (Wildman–Crippen LogP) is 2.27. The van der Waals surface area contributed by atoms with Crippen LogP contribution >= 0.6 is 15.9 Å². The van der Waals surface area contributed by atoms with Crippen LogP contribution < -0.4 is 5.73 Å². The van der Waals surface area contributed by atoms with Crippen molar-refractivity contribution in [2.75, 3.05) is 7.05 Å². The van der Waals surface area contributed by atoms with E-state index in [9.17, 15) is 4.21 Å². The molecule has 1 aromatic carbocycles. The van der Waals surface area contributed by atoms with Crippen LogP contribution in [0, 0.1) is 6.92 Å². The molecule has 2 aromatic heterocycles. The summed E-state index contributed by atoms with van der Waals surface area (Å²) < 4.78 is 16.9. The smallest absolute Gasteiger partial charge is 0.169 e. The van der Waals surface area contributed by atoms with Gasteiger partial charge in [-0.15, -0.1) is 0 Å². The molecule has 3 N–H and O–H groups in total. The Balaban J connectivity index is 1.86. The van der Waals surface area contributed by atoms with Gasteiger partial charge >= 0.3 is 0 Å². The van der Waals surface area contributed by atoms with Crippen molar-refractivity contribution in [1.82, 2.24) is 13.8 Å². The molecule has 0 saturated carbocycles. The van der Waals surface area contributed by atoms with Crippen LogP contribution in [-0.4, -0.2) is 31.3 Å². The van der Waals surface area contributed by atoms with Crippen molar-refractivity contribution in [1.29, 1.82) is 0 Å². The Morgan fingerprint density at radius 2 is 2.17 bits per heavy atom. The number of rotatable bonds is 4. The molecular weight excluding hydrogens is 390 g/mol. The lowest BCUT2D eigenvalue weighted by Gasteiger charge is -2.13. The molecule has 124 valence electrons. The van der Waals surface area contributed by atoms with Gasteiger partial charge in [0.2, 0.25) is 0 Å². The number of quaternary nitrogens is 1. The molecule has 1 unspecified atom stereocenters. The summed E-state index contributed by atoms with van der Waals surface area (Å²) in [7, 11) is 0.288. The topological polar surface area (TPSA) is 77.6 Å². The number of hydrogen-bond donors (Lipinski definition) is 1. The Labute approximate surface area is 150 Å². The van der Waals surface area contributed by atoms with Gasteiger partial charge in [0.1, 0.15) is 11.3 Å². The summed E-state index contributed by atoms with van der Waals surface area (Å²) in [6.45, 7) is 1.92. The van der Waals surface area contributed by atoms with E-state index in [1.165, 1.54) is 4.41 Å². The molecule has 24 heavy (non-hydrogen) atoms. The monoisotopic (exact) mass is 406 g/mol. The van der Waals surface area contributed by atoms with Crippen LogP contribution in [0.4, 0.5) is 5.69 Å². The van der Waals surface area contributed by atoms with Gasteiger partial charge in [-0.05, 0) is 46.6 Å². The highest BCUT2D eigenvalue weighted by Crippen LogP contribution is 2.18. The van der Waals surface area contributed by atoms with E-state index in [1.807, 2.05) is 47.9 Å². The predicted molar refractivity (Wildman–Crippen MR) is 98.4 cm³/mol. The maximum atomic E-state index is 12.7. The first-order chi connectivity index (χ1) is 11.5. The number of hydrazone groups is 1. The third-order valence-electron chi connectivity index (χ3n) is 3.53. The fraction of sp³-hybridized carbons (Fsp3) is 0.125. The van der Waals surface area contributed by atoms with Gasteiger partial charge in [0.25, 0.3) is 0 Å². The highest BCUT2D eigenvalue weighted by Gasteiger charge is 2.13. The average Bonchev–Trinajstić information content (AvgIpc) is 2.96. The second-order valence-electron chi connectivity index (χ2n) is 5.32. The molecule has 0 aliphatic carbocycles. The summed E-state index contributed by atoms with van der Waals surface area (Å²) in [4.78, 5) is 5.03. The molecule has 6 nitrogen and oxygen atoms in total. The average molecular weight is 407 g/mol. The van der Waals surface area contributed by atoms with Crippen LogP contribution in [0.25, 0.3) is 5.65 Å². The summed E-state index contributed by atoms with van der Waals surface area (Å²) in [6.07, 6.45) is 5.29. The Hall–Kier alpha value is -2.03. The van der Waals surface area contributed by atoms with Gasteiger partial charge in [-0.3, -0.25) is 4.40 Å². The van der Waals surface area contributed by atoms with Crippen molar-refractivity contribution in [3.05, 3.63) is 58.5 Å². The van der Waals surface area contributed by atoms with Crippen molar-refractivity contribution in [2.45, 2.75) is 11.8 Å². The van der Waals surface area contributed by atoms with Crippen LogP contribution in [0.2, 0.25) is 0 Å². The Kier molecular flexibility index (Phi) is 4.79. The summed E-state index contributed by atoms with van der Waals surface area (Å²) >= 11 is 3.44. The number of fused-ring (bicyclic) bond motifs is 1. The number of aryl methyl sites for hydroxylation is 1. The summed E-state index contributed by atoms with van der Waals surface area (Å²) in [5.41, 5.74) is 7.28. The number of benzene rings is 1. The molecule has 0 aliphatic heterocycles. The molecule has 0 spiro atoms. The summed E-state index contributed by atoms with van der Waals surface area (Å²) in [5.74, 6) is 0. The molecule has 8 heteroatoms. The first kappa shape index (κ1) is 16.8. The second kappa shape index (κ2) is 6.84. The summed E-state index contributed by atoms with van der Waals surface area (Å²) in [5, 5.41) is 4.31. The van der Waals surface area contributed by atoms with E-state index < -0.39 is 11.0 Å². The zero-order valence-electron chi connectivity index (χ0n) is 13.3. The van der Waals surface area contributed by atoms with E-state index in [4.69, 9.17) is 0 Å². The third-order valence-corrected chi connectivity index (χ3v) is 5.39. The molecule has 3 rings (SSSR count). The van der Waals surface area contributed by atoms with Gasteiger partial charge in [-0.2, -0.15) is 5.10 Å². The zero-order chi connectivity index (χ0) is 17.3. The van der Waals surface area contributed by atoms with E-state index in [1.54, 1.807) is 19.5 Å². The highest BCUT2D eigenvalue weighted by atomic mass is 79.9. The van der Waals surface area contributed by atoms with E-state index >= 15 is 0 Å². The van der Waals surface area contributed by atoms with Crippen molar-refractivity contribution >= 4 is 44.5 Å². The molecule has 2 heterocycles. The number of pyridine rings is 1. The van der Waals surface area contributed by atoms with Crippen molar-refractivity contribution in [3.8, 4) is 0 Å². The highest BCUT2D eigenvalue weighted by molar-refractivity contribution is 9.10. The van der Waals surface area contributed by atoms with Gasteiger partial charge in [-0.25, -0.2) is 13.6 Å². The lowest BCUT2D eigenvalue weighted by Crippen LogP contribution is -2.40. The fourth-order valence-electron chi connectivity index (χ4n) is 2.23. The third kappa shape index (κ3) is 3.40. The maximum Gasteiger partial charge on any atom is 0.169 e. The molecule has 0 radical (unpaired) electrons. The first-order valence-electron chi connectivity index (χ1n) is 7.20. The van der Waals surface area contributed by atoms with E-state index in [-0.39, 0.29) is 0 Å². The number of halogens is 1. The van der Waals surface area contributed by atoms with Gasteiger partial charge in [0, 0.05) is 23.8 Å². The molecule has 3 aromatic rings. The molecule has 0 aliphatic rings. The van der Waals surface area contributed by atoms with Gasteiger partial charge in [0.15, 0.2) is 11.0 Å². The fourth-order valence-corrected chi connectivity index (χ4v) is 3.58. The van der Waals surface area contributed by atoms with Crippen LogP contribution in [0.1, 0.15) is 11.3 Å². The zero-order valence-corrected chi connectivity index (χ0v) is 15.7. The van der Waals surface area contributed by atoms with Crippen LogP contribution in [0.5, 0.6) is 0 Å². The largest absolute Gasteiger partial charge is 0.325 e. The Bertz CT molecular complexity index is 953. The number of imidazole rings is 1. The normalized spacial score (nSPS) is 12.8. The molecule has 0 fully saturated rings. The van der Waals surface area contributed by atoms with Crippen molar-refractivity contribution in [2.24, 2.45) is 5.10 Å². The second-order valence-corrected chi connectivity index (χ2v) is 7.70. The lowest BCUT2D eigenvalue weighted by molar-refractivity contribution is -0.255. The molecule has 0 bridgehead atoms. The molecular formula is C16H17BrN5OS+. The van der Waals surface area contributed by atoms with E-state index in [0.717, 1.165) is 27.1 Å². The first-order valence-corrected chi connectivity index (χ1v) is 9.10. The van der Waals surface area contributed by atoms with E-state index in [2.05, 4.69) is 31.7 Å². The minimum Gasteiger partial charge on any atom is -0.325 e. The molecule has 0 saturated heterocycles. The SMILES string of the molecule is Cc1ccc([NH3+])cc1S(=O)N(C)/N=C/c1cnc2ccc(Br)cn12. The number of aromatic nitrogens is 2. The standard InChI is InChI=1S/C16H16BrN5OS/c1-11-3-5-13(18)7-15(11)24(23)21(2)20-9-14-8-19-16-6-4-12(17)10-22(14)16/h3-10H,18H2,1-2H3/p+1/b20-9+. The van der Waals surface area contributed by atoms with Crippen molar-refractivity contribution < 1.29 is 9.94 Å². The van der Waals surface area contributed by atoms with Crippen LogP contribution in [-0.2, 0) is 11.0 Å². The molecule has 1 atom stereocenters. The van der Waals surface area contributed by atoms with Crippen LogP contribution in [0.15, 0.2) is 57.2 Å². The van der Waals surface area contributed by atoms with Crippen molar-refractivity contribution in [3.63, 3.8) is 0 Å². The quantitative estimate of drug-likeness (QED) is 0.532. The van der Waals surface area contributed by atoms with Crippen LogP contribution in [0.3, 0.4) is 0 Å². The number of hydrogen-bond acceptors (Lipinski definition) is 3. The van der Waals surface area contributed by atoms with Gasteiger partial charge in [-0.1, -0.05) is 6.07 Å². The maximum absolute atomic E-state index is 12.7. The van der Waals surface area contributed by atoms with E-state index in [0.29, 0.717) is 4.90 Å². The lowest BCUT2D eigenvalue weighted by atomic mass is 10.2.